The van der Waals surface area contributed by atoms with Gasteiger partial charge < -0.3 is 5.11 Å². The summed E-state index contributed by atoms with van der Waals surface area (Å²) in [7, 11) is 0. The van der Waals surface area contributed by atoms with Crippen LogP contribution in [0.5, 0.6) is 0 Å². The minimum Gasteiger partial charge on any atom is -0.391 e. The molecule has 1 aliphatic carbocycles. The molecule has 0 amide bonds. The van der Waals surface area contributed by atoms with Crippen molar-refractivity contribution in [2.75, 3.05) is 6.54 Å². The molecule has 2 heteroatoms. The molecule has 2 unspecified atom stereocenters. The van der Waals surface area contributed by atoms with Gasteiger partial charge in [-0.15, -0.1) is 0 Å². The first kappa shape index (κ1) is 15.0. The molecule has 102 valence electrons. The molecule has 1 saturated carbocycles. The monoisotopic (exact) mass is 241 g/mol. The Bertz CT molecular complexity index is 203. The Morgan fingerprint density at radius 1 is 1.00 bits per heavy atom. The van der Waals surface area contributed by atoms with E-state index in [2.05, 4.69) is 32.6 Å². The zero-order chi connectivity index (χ0) is 12.8. The van der Waals surface area contributed by atoms with Crippen molar-refractivity contribution in [3.05, 3.63) is 0 Å². The third kappa shape index (κ3) is 4.97. The molecule has 2 atom stereocenters. The van der Waals surface area contributed by atoms with E-state index >= 15 is 0 Å². The van der Waals surface area contributed by atoms with E-state index in [0.717, 1.165) is 13.0 Å². The molecule has 0 aliphatic heterocycles. The molecule has 0 aromatic heterocycles. The van der Waals surface area contributed by atoms with Gasteiger partial charge in [-0.3, -0.25) is 4.90 Å². The molecule has 0 saturated heterocycles. The van der Waals surface area contributed by atoms with Gasteiger partial charge in [0.2, 0.25) is 0 Å². The van der Waals surface area contributed by atoms with Crippen LogP contribution in [-0.2, 0) is 0 Å². The van der Waals surface area contributed by atoms with E-state index in [0.29, 0.717) is 18.0 Å². The standard InChI is InChI=1S/C15H31NO/c1-12(2)11-16(13(3)4)14-9-7-5-6-8-10-15(14)17/h12-15,17H,5-11H2,1-4H3. The first-order valence-electron chi connectivity index (χ1n) is 7.46. The van der Waals surface area contributed by atoms with Crippen LogP contribution in [0.2, 0.25) is 0 Å². The highest BCUT2D eigenvalue weighted by molar-refractivity contribution is 4.83. The lowest BCUT2D eigenvalue weighted by Crippen LogP contribution is -2.49. The predicted octanol–water partition coefficient (Wildman–Crippen LogP) is 3.44. The molecule has 0 heterocycles. The summed E-state index contributed by atoms with van der Waals surface area (Å²) in [6.45, 7) is 10.2. The molecule has 1 N–H and O–H groups in total. The highest BCUT2D eigenvalue weighted by Crippen LogP contribution is 2.24. The normalized spacial score (nSPS) is 27.5. The van der Waals surface area contributed by atoms with Gasteiger partial charge in [0, 0.05) is 18.6 Å². The van der Waals surface area contributed by atoms with E-state index < -0.39 is 0 Å². The number of hydrogen-bond acceptors (Lipinski definition) is 2. The van der Waals surface area contributed by atoms with Gasteiger partial charge in [0.05, 0.1) is 6.10 Å². The highest BCUT2D eigenvalue weighted by Gasteiger charge is 2.28. The summed E-state index contributed by atoms with van der Waals surface area (Å²) in [5.74, 6) is 0.676. The zero-order valence-electron chi connectivity index (χ0n) is 12.2. The molecule has 0 spiro atoms. The van der Waals surface area contributed by atoms with Crippen LogP contribution in [0.4, 0.5) is 0 Å². The number of hydrogen-bond donors (Lipinski definition) is 1. The van der Waals surface area contributed by atoms with E-state index in [1.54, 1.807) is 0 Å². The lowest BCUT2D eigenvalue weighted by Gasteiger charge is -2.39. The second kappa shape index (κ2) is 7.38. The summed E-state index contributed by atoms with van der Waals surface area (Å²) in [4.78, 5) is 2.53. The molecular weight excluding hydrogens is 210 g/mol. The molecule has 1 rings (SSSR count). The molecule has 0 aromatic rings. The molecule has 0 bridgehead atoms. The summed E-state index contributed by atoms with van der Waals surface area (Å²) < 4.78 is 0. The van der Waals surface area contributed by atoms with Crippen LogP contribution in [-0.4, -0.2) is 34.7 Å². The number of nitrogens with zero attached hydrogens (tertiary/aromatic N) is 1. The Morgan fingerprint density at radius 3 is 2.12 bits per heavy atom. The van der Waals surface area contributed by atoms with Crippen molar-refractivity contribution in [1.82, 2.24) is 4.90 Å². The van der Waals surface area contributed by atoms with Crippen LogP contribution in [0.1, 0.15) is 66.2 Å². The largest absolute Gasteiger partial charge is 0.391 e. The first-order valence-corrected chi connectivity index (χ1v) is 7.46. The van der Waals surface area contributed by atoms with Crippen molar-refractivity contribution in [1.29, 1.82) is 0 Å². The van der Waals surface area contributed by atoms with Crippen LogP contribution >= 0.6 is 0 Å². The quantitative estimate of drug-likeness (QED) is 0.815. The minimum absolute atomic E-state index is 0.114. The fourth-order valence-electron chi connectivity index (χ4n) is 2.98. The lowest BCUT2D eigenvalue weighted by atomic mass is 9.92. The Hall–Kier alpha value is -0.0800. The smallest absolute Gasteiger partial charge is 0.0695 e. The average Bonchev–Trinajstić information content (AvgIpc) is 2.21. The van der Waals surface area contributed by atoms with Crippen LogP contribution in [0.25, 0.3) is 0 Å². The van der Waals surface area contributed by atoms with Gasteiger partial charge in [0.1, 0.15) is 0 Å². The van der Waals surface area contributed by atoms with Crippen molar-refractivity contribution in [2.24, 2.45) is 5.92 Å². The van der Waals surface area contributed by atoms with Crippen molar-refractivity contribution >= 4 is 0 Å². The molecule has 2 nitrogen and oxygen atoms in total. The van der Waals surface area contributed by atoms with Crippen LogP contribution in [0.3, 0.4) is 0 Å². The second-order valence-corrected chi connectivity index (χ2v) is 6.31. The topological polar surface area (TPSA) is 23.5 Å². The van der Waals surface area contributed by atoms with Gasteiger partial charge in [0.15, 0.2) is 0 Å². The van der Waals surface area contributed by atoms with Crippen molar-refractivity contribution in [3.8, 4) is 0 Å². The van der Waals surface area contributed by atoms with Gasteiger partial charge in [-0.2, -0.15) is 0 Å². The molecule has 0 radical (unpaired) electrons. The fraction of sp³-hybridized carbons (Fsp3) is 1.00. The Morgan fingerprint density at radius 2 is 1.59 bits per heavy atom. The second-order valence-electron chi connectivity index (χ2n) is 6.31. The zero-order valence-corrected chi connectivity index (χ0v) is 12.2. The number of rotatable bonds is 4. The fourth-order valence-corrected chi connectivity index (χ4v) is 2.98. The van der Waals surface area contributed by atoms with E-state index in [1.165, 1.54) is 32.1 Å². The summed E-state index contributed by atoms with van der Waals surface area (Å²) in [5.41, 5.74) is 0. The van der Waals surface area contributed by atoms with Gasteiger partial charge in [-0.05, 0) is 32.6 Å². The predicted molar refractivity (Wildman–Crippen MR) is 74.2 cm³/mol. The van der Waals surface area contributed by atoms with E-state index in [4.69, 9.17) is 0 Å². The highest BCUT2D eigenvalue weighted by atomic mass is 16.3. The SMILES string of the molecule is CC(C)CN(C(C)C)C1CCCCCCC1O. The number of aliphatic hydroxyl groups is 1. The summed E-state index contributed by atoms with van der Waals surface area (Å²) in [5, 5.41) is 10.4. The van der Waals surface area contributed by atoms with E-state index in [9.17, 15) is 5.11 Å². The van der Waals surface area contributed by atoms with Gasteiger partial charge in [0.25, 0.3) is 0 Å². The molecule has 0 aromatic carbocycles. The summed E-state index contributed by atoms with van der Waals surface area (Å²) in [6, 6.07) is 0.925. The molecule has 17 heavy (non-hydrogen) atoms. The first-order chi connectivity index (χ1) is 8.02. The van der Waals surface area contributed by atoms with Crippen molar-refractivity contribution in [2.45, 2.75) is 84.4 Å². The maximum atomic E-state index is 10.4. The third-order valence-corrected chi connectivity index (χ3v) is 3.86. The number of aliphatic hydroxyl groups excluding tert-OH is 1. The van der Waals surface area contributed by atoms with E-state index in [-0.39, 0.29) is 6.10 Å². The lowest BCUT2D eigenvalue weighted by molar-refractivity contribution is 0.00966. The maximum Gasteiger partial charge on any atom is 0.0695 e. The minimum atomic E-state index is -0.114. The van der Waals surface area contributed by atoms with E-state index in [1.807, 2.05) is 0 Å². The summed E-state index contributed by atoms with van der Waals surface area (Å²) >= 11 is 0. The summed E-state index contributed by atoms with van der Waals surface area (Å²) in [6.07, 6.45) is 7.18. The van der Waals surface area contributed by atoms with Crippen molar-refractivity contribution in [3.63, 3.8) is 0 Å². The molecule has 1 fully saturated rings. The Labute approximate surface area is 107 Å². The third-order valence-electron chi connectivity index (χ3n) is 3.86. The average molecular weight is 241 g/mol. The molecular formula is C15H31NO. The van der Waals surface area contributed by atoms with Gasteiger partial charge in [-0.25, -0.2) is 0 Å². The molecule has 1 aliphatic rings. The van der Waals surface area contributed by atoms with Crippen LogP contribution in [0.15, 0.2) is 0 Å². The van der Waals surface area contributed by atoms with Crippen LogP contribution in [0, 0.1) is 5.92 Å². The van der Waals surface area contributed by atoms with Gasteiger partial charge in [-0.1, -0.05) is 39.5 Å². The van der Waals surface area contributed by atoms with Crippen molar-refractivity contribution < 1.29 is 5.11 Å². The van der Waals surface area contributed by atoms with Gasteiger partial charge >= 0.3 is 0 Å². The Balaban J connectivity index is 2.66. The maximum absolute atomic E-state index is 10.4. The van der Waals surface area contributed by atoms with Crippen LogP contribution < -0.4 is 0 Å². The Kier molecular flexibility index (Phi) is 6.50.